The Labute approximate surface area is 431 Å². The van der Waals surface area contributed by atoms with Gasteiger partial charge in [0.25, 0.3) is 0 Å². The predicted octanol–water partition coefficient (Wildman–Crippen LogP) is 17.0. The molecular formula is C64H57IrN3OSi-2. The molecule has 11 aromatic rings. The number of para-hydroxylation sites is 2. The van der Waals surface area contributed by atoms with Crippen molar-refractivity contribution in [2.45, 2.75) is 66.0 Å². The number of nitrogens with zero attached hydrogens (tertiary/aromatic N) is 3. The van der Waals surface area contributed by atoms with Gasteiger partial charge in [-0.2, -0.15) is 0 Å². The van der Waals surface area contributed by atoms with E-state index in [0.717, 1.165) is 66.7 Å². The number of furan rings is 1. The summed E-state index contributed by atoms with van der Waals surface area (Å²) in [4.78, 5) is 9.80. The molecule has 6 heteroatoms. The van der Waals surface area contributed by atoms with Gasteiger partial charge < -0.3 is 14.0 Å². The summed E-state index contributed by atoms with van der Waals surface area (Å²) in [7, 11) is -1.46. The number of hydrogen-bond donors (Lipinski definition) is 0. The SMILES string of the molecule is CC(C)c1cc(-c2ccccc2)cc(C(C)C)c1-n1c(-c2[c-]ccc3c2oc2cc(-c4ccccc4)ccc23)nc2ccccc21.[2H]C([2H])([2H])c1c[c-]c(-c2cc([Si](C)(C)C)ccn2)cc1-c1ccccc1.[Ir]. The molecule has 349 valence electrons. The molecule has 0 saturated carbocycles. The maximum absolute atomic E-state index is 7.86. The van der Waals surface area contributed by atoms with E-state index in [9.17, 15) is 0 Å². The molecule has 0 unspecified atom stereocenters. The predicted molar refractivity (Wildman–Crippen MR) is 293 cm³/mol. The normalized spacial score (nSPS) is 12.4. The molecule has 3 heterocycles. The van der Waals surface area contributed by atoms with Crippen LogP contribution in [0.4, 0.5) is 0 Å². The summed E-state index contributed by atoms with van der Waals surface area (Å²) < 4.78 is 32.7. The number of pyridine rings is 1. The van der Waals surface area contributed by atoms with Crippen LogP contribution in [0.3, 0.4) is 0 Å². The third kappa shape index (κ3) is 9.52. The van der Waals surface area contributed by atoms with Crippen LogP contribution >= 0.6 is 0 Å². The molecule has 0 saturated heterocycles. The van der Waals surface area contributed by atoms with Gasteiger partial charge in [0.15, 0.2) is 0 Å². The van der Waals surface area contributed by atoms with Crippen LogP contribution < -0.4 is 5.19 Å². The molecule has 0 N–H and O–H groups in total. The summed E-state index contributed by atoms with van der Waals surface area (Å²) >= 11 is 0. The maximum Gasteiger partial charge on any atom is 0.121 e. The van der Waals surface area contributed by atoms with Crippen LogP contribution in [0.25, 0.3) is 94.7 Å². The smallest absolute Gasteiger partial charge is 0.121 e. The number of aromatic nitrogens is 3. The fourth-order valence-electron chi connectivity index (χ4n) is 9.29. The van der Waals surface area contributed by atoms with Crippen molar-refractivity contribution in [3.63, 3.8) is 0 Å². The number of aryl methyl sites for hydroxylation is 1. The van der Waals surface area contributed by atoms with Crippen LogP contribution in [0.5, 0.6) is 0 Å². The van der Waals surface area contributed by atoms with Crippen LogP contribution in [0.15, 0.2) is 193 Å². The van der Waals surface area contributed by atoms with E-state index in [1.165, 1.54) is 38.7 Å². The van der Waals surface area contributed by atoms with Gasteiger partial charge in [-0.15, -0.1) is 47.5 Å². The van der Waals surface area contributed by atoms with Crippen LogP contribution in [0.2, 0.25) is 19.6 Å². The average Bonchev–Trinajstić information content (AvgIpc) is 3.97. The van der Waals surface area contributed by atoms with Crippen molar-refractivity contribution in [3.8, 4) is 61.7 Å². The van der Waals surface area contributed by atoms with Crippen LogP contribution in [0, 0.1) is 19.0 Å². The maximum atomic E-state index is 7.86. The van der Waals surface area contributed by atoms with Crippen molar-refractivity contribution in [2.24, 2.45) is 0 Å². The first kappa shape index (κ1) is 44.3. The zero-order valence-electron chi connectivity index (χ0n) is 43.6. The Hall–Kier alpha value is -6.95. The van der Waals surface area contributed by atoms with Gasteiger partial charge in [-0.3, -0.25) is 4.98 Å². The minimum atomic E-state index is -2.19. The van der Waals surface area contributed by atoms with Gasteiger partial charge in [0.2, 0.25) is 0 Å². The van der Waals surface area contributed by atoms with Gasteiger partial charge in [-0.05, 0) is 92.9 Å². The molecule has 4 nitrogen and oxygen atoms in total. The van der Waals surface area contributed by atoms with Crippen LogP contribution in [-0.2, 0) is 20.1 Å². The summed E-state index contributed by atoms with van der Waals surface area (Å²) in [5, 5.41) is 3.47. The molecule has 1 radical (unpaired) electrons. The van der Waals surface area contributed by atoms with Gasteiger partial charge in [0, 0.05) is 41.5 Å². The Morgan fingerprint density at radius 3 is 1.89 bits per heavy atom. The molecule has 0 aliphatic rings. The third-order valence-corrected chi connectivity index (χ3v) is 15.0. The Morgan fingerprint density at radius 1 is 0.614 bits per heavy atom. The molecule has 3 aromatic heterocycles. The van der Waals surface area contributed by atoms with Crippen molar-refractivity contribution in [1.29, 1.82) is 0 Å². The molecule has 11 rings (SSSR count). The Bertz CT molecular complexity index is 3700. The largest absolute Gasteiger partial charge is 0.501 e. The number of hydrogen-bond acceptors (Lipinski definition) is 3. The standard InChI is InChI=1S/C43H35N2O.C21H22NSi.Ir/c1-27(2)36-24-32(30-16-9-6-10-17-30)25-37(28(3)4)41(36)45-39-21-12-11-20-38(39)44-43(45)35-19-13-18-34-33-23-22-31(26-40(33)46-42(34)35)29-14-7-5-8-15-29;1-16-10-11-18(14-20(16)17-8-6-5-7-9-17)21-15-19(12-13-22-21)23(2,3)4;/h5-18,20-28H,1-4H3;5-10,12-15H,1-4H3;/q2*-1;/i;1D3;. The zero-order valence-corrected chi connectivity index (χ0v) is 44.0. The first-order chi connectivity index (χ1) is 34.6. The summed E-state index contributed by atoms with van der Waals surface area (Å²) in [6.45, 7) is 13.8. The van der Waals surface area contributed by atoms with Gasteiger partial charge in [-0.1, -0.05) is 197 Å². The summed E-state index contributed by atoms with van der Waals surface area (Å²) in [5.74, 6) is 1.41. The van der Waals surface area contributed by atoms with E-state index >= 15 is 0 Å². The van der Waals surface area contributed by atoms with E-state index in [1.807, 2.05) is 54.7 Å². The second-order valence-corrected chi connectivity index (χ2v) is 24.5. The molecule has 0 bridgehead atoms. The molecule has 0 amide bonds. The fourth-order valence-corrected chi connectivity index (χ4v) is 10.4. The molecule has 70 heavy (non-hydrogen) atoms. The molecular weight excluding hydrogens is 1050 g/mol. The van der Waals surface area contributed by atoms with Crippen LogP contribution in [0.1, 0.15) is 60.3 Å². The summed E-state index contributed by atoms with van der Waals surface area (Å²) in [6, 6.07) is 68.9. The summed E-state index contributed by atoms with van der Waals surface area (Å²) in [6.07, 6.45) is 1.83. The third-order valence-electron chi connectivity index (χ3n) is 13.0. The topological polar surface area (TPSA) is 43.9 Å². The molecule has 8 aromatic carbocycles. The van der Waals surface area contributed by atoms with Gasteiger partial charge in [-0.25, -0.2) is 0 Å². The fraction of sp³-hybridized carbons (Fsp3) is 0.156. The van der Waals surface area contributed by atoms with Gasteiger partial charge in [0.05, 0.1) is 30.5 Å². The number of imidazole rings is 1. The molecule has 0 spiro atoms. The number of rotatable bonds is 9. The quantitative estimate of drug-likeness (QED) is 0.107. The molecule has 0 fully saturated rings. The zero-order chi connectivity index (χ0) is 50.3. The second kappa shape index (κ2) is 20.2. The Balaban J connectivity index is 0.000000207. The molecule has 0 aliphatic heterocycles. The van der Waals surface area contributed by atoms with Crippen molar-refractivity contribution in [1.82, 2.24) is 14.5 Å². The molecule has 0 atom stereocenters. The van der Waals surface area contributed by atoms with Crippen molar-refractivity contribution in [2.75, 3.05) is 0 Å². The Morgan fingerprint density at radius 2 is 1.24 bits per heavy atom. The van der Waals surface area contributed by atoms with Crippen molar-refractivity contribution >= 4 is 46.2 Å². The first-order valence-corrected chi connectivity index (χ1v) is 27.4. The van der Waals surface area contributed by atoms with E-state index in [-0.39, 0.29) is 31.9 Å². The molecule has 0 aliphatic carbocycles. The van der Waals surface area contributed by atoms with E-state index in [1.54, 1.807) is 6.07 Å². The van der Waals surface area contributed by atoms with Crippen molar-refractivity contribution in [3.05, 3.63) is 217 Å². The summed E-state index contributed by atoms with van der Waals surface area (Å²) in [5.41, 5.74) is 16.6. The first-order valence-electron chi connectivity index (χ1n) is 25.4. The van der Waals surface area contributed by atoms with E-state index < -0.39 is 14.9 Å². The minimum absolute atomic E-state index is 0. The minimum Gasteiger partial charge on any atom is -0.501 e. The van der Waals surface area contributed by atoms with E-state index in [2.05, 4.69) is 196 Å². The van der Waals surface area contributed by atoms with Crippen molar-refractivity contribution < 1.29 is 28.6 Å². The van der Waals surface area contributed by atoms with Gasteiger partial charge in [0.1, 0.15) is 5.58 Å². The van der Waals surface area contributed by atoms with Crippen LogP contribution in [-0.4, -0.2) is 22.6 Å². The number of fused-ring (bicyclic) bond motifs is 4. The van der Waals surface area contributed by atoms with E-state index in [4.69, 9.17) is 13.5 Å². The monoisotopic (exact) mass is 1110 g/mol. The Kier molecular flexibility index (Phi) is 12.8. The average molecular weight is 1110 g/mol. The van der Waals surface area contributed by atoms with Gasteiger partial charge >= 0.3 is 0 Å². The number of benzene rings is 8. The second-order valence-electron chi connectivity index (χ2n) is 19.4. The van der Waals surface area contributed by atoms with E-state index in [0.29, 0.717) is 11.1 Å².